The maximum atomic E-state index is 8.48. The third kappa shape index (κ3) is 549. The molecule has 0 aliphatic rings. The van der Waals surface area contributed by atoms with Gasteiger partial charge >= 0.3 is 81.9 Å². The minimum atomic E-state index is -3.37. The summed E-state index contributed by atoms with van der Waals surface area (Å²) in [5, 5.41) is 0. The number of rotatable bonds is 0. The van der Waals surface area contributed by atoms with Gasteiger partial charge in [0, 0.05) is 0 Å². The molecule has 0 unspecified atom stereocenters. The van der Waals surface area contributed by atoms with Crippen LogP contribution in [0.2, 0.25) is 0 Å². The molecular formula is O12P4Pb3. The minimum Gasteiger partial charge on any atom is -0.854 e. The van der Waals surface area contributed by atoms with Gasteiger partial charge in [-0.2, -0.15) is 0 Å². The molecule has 0 amide bonds. The van der Waals surface area contributed by atoms with Crippen LogP contribution in [0.25, 0.3) is 0 Å². The molecule has 0 spiro atoms. The molecule has 0 aliphatic carbocycles. The van der Waals surface area contributed by atoms with Crippen LogP contribution in [0.4, 0.5) is 0 Å². The predicted molar refractivity (Wildman–Crippen MR) is 44.9 cm³/mol. The Morgan fingerprint density at radius 3 is 0.263 bits per heavy atom. The zero-order valence-corrected chi connectivity index (χ0v) is 23.4. The first-order valence-electron chi connectivity index (χ1n) is 2.19. The van der Waals surface area contributed by atoms with Crippen molar-refractivity contribution in [2.75, 3.05) is 0 Å². The summed E-state index contributed by atoms with van der Waals surface area (Å²) in [6, 6.07) is 0. The van der Waals surface area contributed by atoms with E-state index < -0.39 is 34.4 Å². The minimum absolute atomic E-state index is 0. The fourth-order valence-electron chi connectivity index (χ4n) is 0. The van der Waals surface area contributed by atoms with Crippen LogP contribution in [0.15, 0.2) is 0 Å². The average molecular weight is 937 g/mol. The SMILES string of the molecule is [O-]P([O-])[O-].[O-]P([O-])[O-].[O-]P([O-])[O-].[O-]P([O-])[O-].[Pb+4].[Pb+4].[Pb+4]. The average Bonchev–Trinajstić information content (AvgIpc) is 1.76. The largest absolute Gasteiger partial charge is 4.00 e. The molecule has 0 fully saturated rings. The van der Waals surface area contributed by atoms with Gasteiger partial charge in [0.25, 0.3) is 0 Å². The molecule has 0 N–H and O–H groups in total. The van der Waals surface area contributed by atoms with E-state index >= 15 is 0 Å². The van der Waals surface area contributed by atoms with E-state index in [1.807, 2.05) is 0 Å². The van der Waals surface area contributed by atoms with E-state index in [1.54, 1.807) is 0 Å². The fourth-order valence-corrected chi connectivity index (χ4v) is 0. The van der Waals surface area contributed by atoms with E-state index in [9.17, 15) is 0 Å². The van der Waals surface area contributed by atoms with Crippen molar-refractivity contribution >= 4 is 116 Å². The Kier molecular flexibility index (Phi) is 86.7. The maximum Gasteiger partial charge on any atom is 4.00 e. The van der Waals surface area contributed by atoms with Gasteiger partial charge in [0.2, 0.25) is 0 Å². The van der Waals surface area contributed by atoms with Crippen molar-refractivity contribution in [3.8, 4) is 0 Å². The molecule has 0 aromatic heterocycles. The first-order chi connectivity index (χ1) is 6.93. The van der Waals surface area contributed by atoms with Gasteiger partial charge < -0.3 is 93.1 Å². The smallest absolute Gasteiger partial charge is 0.854 e. The van der Waals surface area contributed by atoms with Crippen molar-refractivity contribution in [3.05, 3.63) is 0 Å². The molecule has 0 heterocycles. The van der Waals surface area contributed by atoms with Crippen molar-refractivity contribution in [2.45, 2.75) is 0 Å². The van der Waals surface area contributed by atoms with E-state index in [2.05, 4.69) is 0 Å². The van der Waals surface area contributed by atoms with Crippen LogP contribution in [0.1, 0.15) is 0 Å². The first-order valence-corrected chi connectivity index (χ1v) is 6.57. The zero-order valence-electron chi connectivity index (χ0n) is 8.19. The molecule has 19 heavy (non-hydrogen) atoms. The normalized spacial score (nSPS) is 7.58. The summed E-state index contributed by atoms with van der Waals surface area (Å²) >= 11 is 0. The second-order valence-electron chi connectivity index (χ2n) is 0.894. The molecule has 19 heteroatoms. The Balaban J connectivity index is -0.0000000192. The summed E-state index contributed by atoms with van der Waals surface area (Å²) < 4.78 is 0. The van der Waals surface area contributed by atoms with Crippen LogP contribution >= 0.6 is 34.4 Å². The van der Waals surface area contributed by atoms with Gasteiger partial charge in [0.05, 0.1) is 0 Å². The van der Waals surface area contributed by atoms with Crippen molar-refractivity contribution in [2.24, 2.45) is 0 Å². The van der Waals surface area contributed by atoms with E-state index in [0.29, 0.717) is 0 Å². The summed E-state index contributed by atoms with van der Waals surface area (Å²) in [6.45, 7) is 0. The van der Waals surface area contributed by atoms with Crippen LogP contribution in [-0.2, 0) is 0 Å². The van der Waals surface area contributed by atoms with Gasteiger partial charge in [-0.05, 0) is 0 Å². The van der Waals surface area contributed by atoms with Crippen molar-refractivity contribution in [3.63, 3.8) is 0 Å². The first kappa shape index (κ1) is 43.5. The van der Waals surface area contributed by atoms with Crippen LogP contribution in [0.5, 0.6) is 0 Å². The molecule has 0 aliphatic heterocycles. The van der Waals surface area contributed by atoms with Gasteiger partial charge in [0.1, 0.15) is 0 Å². The quantitative estimate of drug-likeness (QED) is 0.162. The summed E-state index contributed by atoms with van der Waals surface area (Å²) in [4.78, 5) is 102. The molecule has 12 nitrogen and oxygen atoms in total. The third-order valence-electron chi connectivity index (χ3n) is 0. The Morgan fingerprint density at radius 1 is 0.263 bits per heavy atom. The molecule has 104 valence electrons. The van der Waals surface area contributed by atoms with Crippen LogP contribution in [-0.4, -0.2) is 81.9 Å². The van der Waals surface area contributed by atoms with Crippen LogP contribution < -0.4 is 58.7 Å². The third-order valence-corrected chi connectivity index (χ3v) is 0. The second kappa shape index (κ2) is 37.9. The Morgan fingerprint density at radius 2 is 0.263 bits per heavy atom. The topological polar surface area (TPSA) is 277 Å². The van der Waals surface area contributed by atoms with Gasteiger partial charge in [-0.3, -0.25) is 0 Å². The van der Waals surface area contributed by atoms with Gasteiger partial charge in [-0.15, -0.1) is 0 Å². The summed E-state index contributed by atoms with van der Waals surface area (Å²) in [5.74, 6) is 0. The Labute approximate surface area is 173 Å². The standard InChI is InChI=1S/4O3P.3Pb/c4*1-4(2)3;;;/q4*-3;3*+4. The summed E-state index contributed by atoms with van der Waals surface area (Å²) in [7, 11) is -13.5. The van der Waals surface area contributed by atoms with Crippen LogP contribution in [0, 0.1) is 0 Å². The van der Waals surface area contributed by atoms with Crippen molar-refractivity contribution in [1.82, 2.24) is 0 Å². The molecule has 0 aromatic carbocycles. The van der Waals surface area contributed by atoms with E-state index in [4.69, 9.17) is 58.7 Å². The Bertz CT molecular complexity index is 68.0. The summed E-state index contributed by atoms with van der Waals surface area (Å²) in [5.41, 5.74) is 0. The second-order valence-corrected chi connectivity index (χ2v) is 2.68. The molecule has 0 saturated heterocycles. The predicted octanol–water partition coefficient (Wildman–Crippen LogP) is -12.0. The van der Waals surface area contributed by atoms with E-state index in [-0.39, 0.29) is 81.9 Å². The molecule has 0 saturated carbocycles. The molecular weight excluding hydrogens is 937 g/mol. The van der Waals surface area contributed by atoms with E-state index in [1.165, 1.54) is 0 Å². The van der Waals surface area contributed by atoms with Crippen LogP contribution in [0.3, 0.4) is 0 Å². The zero-order chi connectivity index (χ0) is 14.3. The molecule has 0 atom stereocenters. The maximum absolute atomic E-state index is 8.48. The monoisotopic (exact) mass is 940 g/mol. The molecule has 0 bridgehead atoms. The van der Waals surface area contributed by atoms with Crippen molar-refractivity contribution < 1.29 is 58.7 Å². The summed E-state index contributed by atoms with van der Waals surface area (Å²) in [6.07, 6.45) is 0. The Hall–Kier alpha value is 4.01. The van der Waals surface area contributed by atoms with E-state index in [0.717, 1.165) is 0 Å². The van der Waals surface area contributed by atoms with Gasteiger partial charge in [-0.25, -0.2) is 0 Å². The van der Waals surface area contributed by atoms with Gasteiger partial charge in [0.15, 0.2) is 0 Å². The molecule has 0 rings (SSSR count). The number of hydrogen-bond donors (Lipinski definition) is 0. The molecule has 0 radical (unpaired) electrons. The van der Waals surface area contributed by atoms with Crippen molar-refractivity contribution in [1.29, 1.82) is 0 Å². The molecule has 0 aromatic rings. The number of hydrogen-bond acceptors (Lipinski definition) is 12. The van der Waals surface area contributed by atoms with Gasteiger partial charge in [-0.1, -0.05) is 0 Å². The fraction of sp³-hybridized carbons (Fsp3) is 0.